The second-order valence-corrected chi connectivity index (χ2v) is 6.10. The maximum atomic E-state index is 6.00. The molecule has 1 nitrogen and oxygen atoms in total. The van der Waals surface area contributed by atoms with E-state index >= 15 is 0 Å². The molecule has 2 aromatic rings. The normalized spacial score (nSPS) is 12.2. The summed E-state index contributed by atoms with van der Waals surface area (Å²) in [7, 11) is 0. The van der Waals surface area contributed by atoms with Gasteiger partial charge >= 0.3 is 0 Å². The average Bonchev–Trinajstić information content (AvgIpc) is 2.35. The third kappa shape index (κ3) is 4.73. The van der Waals surface area contributed by atoms with E-state index in [0.717, 1.165) is 18.5 Å². The lowest BCUT2D eigenvalue weighted by Gasteiger charge is -2.16. The summed E-state index contributed by atoms with van der Waals surface area (Å²) in [4.78, 5) is 0. The van der Waals surface area contributed by atoms with Gasteiger partial charge in [0.1, 0.15) is 0 Å². The van der Waals surface area contributed by atoms with Crippen molar-refractivity contribution in [2.45, 2.75) is 32.7 Å². The SMILES string of the molecule is Cc1cccc(CCC(C)Nc2cc(Cl)cc(Cl)c2)c1. The fourth-order valence-electron chi connectivity index (χ4n) is 2.24. The van der Waals surface area contributed by atoms with Crippen LogP contribution >= 0.6 is 23.2 Å². The lowest BCUT2D eigenvalue weighted by Crippen LogP contribution is -2.16. The first-order valence-corrected chi connectivity index (χ1v) is 7.57. The van der Waals surface area contributed by atoms with Gasteiger partial charge in [0.15, 0.2) is 0 Å². The van der Waals surface area contributed by atoms with Crippen molar-refractivity contribution >= 4 is 28.9 Å². The van der Waals surface area contributed by atoms with Crippen LogP contribution in [-0.2, 0) is 6.42 Å². The highest BCUT2D eigenvalue weighted by atomic mass is 35.5. The molecule has 0 heterocycles. The van der Waals surface area contributed by atoms with E-state index < -0.39 is 0 Å². The molecule has 0 saturated carbocycles. The van der Waals surface area contributed by atoms with Gasteiger partial charge in [0.2, 0.25) is 0 Å². The van der Waals surface area contributed by atoms with Gasteiger partial charge in [-0.25, -0.2) is 0 Å². The van der Waals surface area contributed by atoms with Gasteiger partial charge in [-0.3, -0.25) is 0 Å². The van der Waals surface area contributed by atoms with Crippen molar-refractivity contribution in [3.8, 4) is 0 Å². The number of hydrogen-bond donors (Lipinski definition) is 1. The summed E-state index contributed by atoms with van der Waals surface area (Å²) < 4.78 is 0. The van der Waals surface area contributed by atoms with E-state index in [-0.39, 0.29) is 0 Å². The summed E-state index contributed by atoms with van der Waals surface area (Å²) in [6, 6.07) is 14.6. The van der Waals surface area contributed by atoms with Crippen LogP contribution in [0.4, 0.5) is 5.69 Å². The number of benzene rings is 2. The summed E-state index contributed by atoms with van der Waals surface area (Å²) in [6.07, 6.45) is 2.12. The maximum Gasteiger partial charge on any atom is 0.0441 e. The largest absolute Gasteiger partial charge is 0.382 e. The predicted molar refractivity (Wildman–Crippen MR) is 89.0 cm³/mol. The average molecular weight is 308 g/mol. The summed E-state index contributed by atoms with van der Waals surface area (Å²) in [5.41, 5.74) is 3.66. The highest BCUT2D eigenvalue weighted by molar-refractivity contribution is 6.35. The Morgan fingerprint density at radius 1 is 1.05 bits per heavy atom. The molecule has 0 radical (unpaired) electrons. The van der Waals surface area contributed by atoms with Crippen LogP contribution in [0.15, 0.2) is 42.5 Å². The lowest BCUT2D eigenvalue weighted by atomic mass is 10.0. The van der Waals surface area contributed by atoms with Crippen LogP contribution in [0.5, 0.6) is 0 Å². The quantitative estimate of drug-likeness (QED) is 0.743. The Morgan fingerprint density at radius 2 is 1.75 bits per heavy atom. The molecular weight excluding hydrogens is 289 g/mol. The zero-order valence-electron chi connectivity index (χ0n) is 11.8. The first-order chi connectivity index (χ1) is 9.52. The lowest BCUT2D eigenvalue weighted by molar-refractivity contribution is 0.706. The molecule has 0 saturated heterocycles. The van der Waals surface area contributed by atoms with Crippen molar-refractivity contribution in [2.75, 3.05) is 5.32 Å². The standard InChI is InChI=1S/C17H19Cl2N/c1-12-4-3-5-14(8-12)7-6-13(2)20-17-10-15(18)9-16(19)11-17/h3-5,8-11,13,20H,6-7H2,1-2H3. The van der Waals surface area contributed by atoms with Crippen molar-refractivity contribution in [2.24, 2.45) is 0 Å². The fraction of sp³-hybridized carbons (Fsp3) is 0.294. The minimum Gasteiger partial charge on any atom is -0.382 e. The van der Waals surface area contributed by atoms with Crippen LogP contribution in [0.3, 0.4) is 0 Å². The van der Waals surface area contributed by atoms with Gasteiger partial charge in [0.25, 0.3) is 0 Å². The predicted octanol–water partition coefficient (Wildman–Crippen LogP) is 5.74. The van der Waals surface area contributed by atoms with Crippen LogP contribution in [0, 0.1) is 6.92 Å². The van der Waals surface area contributed by atoms with E-state index in [2.05, 4.69) is 43.4 Å². The van der Waals surface area contributed by atoms with Crippen LogP contribution in [-0.4, -0.2) is 6.04 Å². The molecule has 1 atom stereocenters. The zero-order valence-corrected chi connectivity index (χ0v) is 13.3. The van der Waals surface area contributed by atoms with Crippen LogP contribution < -0.4 is 5.32 Å². The third-order valence-corrected chi connectivity index (χ3v) is 3.66. The van der Waals surface area contributed by atoms with Crippen molar-refractivity contribution in [3.63, 3.8) is 0 Å². The van der Waals surface area contributed by atoms with Crippen LogP contribution in [0.1, 0.15) is 24.5 Å². The maximum absolute atomic E-state index is 6.00. The Labute approximate surface area is 130 Å². The van der Waals surface area contributed by atoms with Gasteiger partial charge in [0.05, 0.1) is 0 Å². The minimum atomic E-state index is 0.366. The third-order valence-electron chi connectivity index (χ3n) is 3.22. The molecule has 0 amide bonds. The smallest absolute Gasteiger partial charge is 0.0441 e. The van der Waals surface area contributed by atoms with Gasteiger partial charge in [-0.05, 0) is 50.5 Å². The number of nitrogens with one attached hydrogen (secondary N) is 1. The monoisotopic (exact) mass is 307 g/mol. The van der Waals surface area contributed by atoms with E-state index in [1.165, 1.54) is 11.1 Å². The highest BCUT2D eigenvalue weighted by Crippen LogP contribution is 2.23. The summed E-state index contributed by atoms with van der Waals surface area (Å²) in [5, 5.41) is 4.76. The molecule has 0 aliphatic heterocycles. The van der Waals surface area contributed by atoms with E-state index in [4.69, 9.17) is 23.2 Å². The van der Waals surface area contributed by atoms with Gasteiger partial charge in [-0.2, -0.15) is 0 Å². The van der Waals surface area contributed by atoms with Crippen molar-refractivity contribution in [1.29, 1.82) is 0 Å². The molecule has 1 unspecified atom stereocenters. The Kier molecular flexibility index (Phi) is 5.33. The Hall–Kier alpha value is -1.18. The second kappa shape index (κ2) is 7.01. The molecule has 1 N–H and O–H groups in total. The Morgan fingerprint density at radius 3 is 2.40 bits per heavy atom. The van der Waals surface area contributed by atoms with Gasteiger partial charge in [-0.1, -0.05) is 53.0 Å². The minimum absolute atomic E-state index is 0.366. The van der Waals surface area contributed by atoms with Crippen molar-refractivity contribution < 1.29 is 0 Å². The Balaban J connectivity index is 1.90. The zero-order chi connectivity index (χ0) is 14.5. The van der Waals surface area contributed by atoms with E-state index in [9.17, 15) is 0 Å². The van der Waals surface area contributed by atoms with Crippen LogP contribution in [0.2, 0.25) is 10.0 Å². The number of rotatable bonds is 5. The van der Waals surface area contributed by atoms with E-state index in [0.29, 0.717) is 16.1 Å². The molecule has 0 aliphatic rings. The first-order valence-electron chi connectivity index (χ1n) is 6.81. The van der Waals surface area contributed by atoms with Crippen molar-refractivity contribution in [3.05, 3.63) is 63.6 Å². The molecule has 0 aliphatic carbocycles. The number of halogens is 2. The molecule has 2 rings (SSSR count). The van der Waals surface area contributed by atoms with E-state index in [1.54, 1.807) is 6.07 Å². The molecule has 0 aromatic heterocycles. The van der Waals surface area contributed by atoms with Gasteiger partial charge in [0, 0.05) is 21.8 Å². The van der Waals surface area contributed by atoms with Crippen LogP contribution in [0.25, 0.3) is 0 Å². The number of aryl methyl sites for hydroxylation is 2. The van der Waals surface area contributed by atoms with E-state index in [1.807, 2.05) is 12.1 Å². The summed E-state index contributed by atoms with van der Waals surface area (Å²) in [5.74, 6) is 0. The topological polar surface area (TPSA) is 12.0 Å². The molecule has 106 valence electrons. The summed E-state index contributed by atoms with van der Waals surface area (Å²) in [6.45, 7) is 4.30. The summed E-state index contributed by atoms with van der Waals surface area (Å²) >= 11 is 12.0. The number of hydrogen-bond acceptors (Lipinski definition) is 1. The Bertz CT molecular complexity index is 561. The molecular formula is C17H19Cl2N. The second-order valence-electron chi connectivity index (χ2n) is 5.23. The molecule has 20 heavy (non-hydrogen) atoms. The van der Waals surface area contributed by atoms with Gasteiger partial charge in [-0.15, -0.1) is 0 Å². The highest BCUT2D eigenvalue weighted by Gasteiger charge is 2.05. The molecule has 0 spiro atoms. The number of anilines is 1. The van der Waals surface area contributed by atoms with Crippen molar-refractivity contribution in [1.82, 2.24) is 0 Å². The molecule has 0 bridgehead atoms. The molecule has 2 aromatic carbocycles. The first kappa shape index (κ1) is 15.2. The molecule has 3 heteroatoms. The fourth-order valence-corrected chi connectivity index (χ4v) is 2.77. The molecule has 0 fully saturated rings. The van der Waals surface area contributed by atoms with Gasteiger partial charge < -0.3 is 5.32 Å².